The minimum atomic E-state index is -4.63. The SMILES string of the molecule is CC[C@]1(C(=O)NS(=O)(=O)c2ccccc2OCC(=O)NC)/C=C\CCCCC[C@H](NC(=O)OC(C)(C)C)C(=O)N2C[C@H](OC(=O)N(C)C)C[C@H]2C(=O)N1. The monoisotopic (exact) mass is 764 g/mol. The average molecular weight is 765 g/mol. The minimum Gasteiger partial charge on any atom is -0.482 e. The lowest BCUT2D eigenvalue weighted by molar-refractivity contribution is -0.141. The molecule has 294 valence electrons. The van der Waals surface area contributed by atoms with Crippen molar-refractivity contribution in [2.45, 2.75) is 107 Å². The summed E-state index contributed by atoms with van der Waals surface area (Å²) < 4.78 is 45.8. The number of carbonyl (C=O) groups excluding carboxylic acids is 6. The first-order valence-electron chi connectivity index (χ1n) is 17.5. The van der Waals surface area contributed by atoms with Crippen LogP contribution < -0.4 is 25.4 Å². The highest BCUT2D eigenvalue weighted by atomic mass is 32.2. The lowest BCUT2D eigenvalue weighted by Crippen LogP contribution is -2.62. The first-order valence-corrected chi connectivity index (χ1v) is 19.0. The number of hydrogen-bond donors (Lipinski definition) is 4. The van der Waals surface area contributed by atoms with Crippen LogP contribution in [0.4, 0.5) is 9.59 Å². The van der Waals surface area contributed by atoms with Crippen molar-refractivity contribution in [3.05, 3.63) is 36.4 Å². The molecule has 18 heteroatoms. The Kier molecular flexibility index (Phi) is 14.6. The minimum absolute atomic E-state index is 0.103. The highest BCUT2D eigenvalue weighted by Crippen LogP contribution is 2.28. The number of carbonyl (C=O) groups is 6. The maximum absolute atomic E-state index is 14.2. The molecule has 0 spiro atoms. The van der Waals surface area contributed by atoms with Crippen LogP contribution in [0.15, 0.2) is 41.3 Å². The van der Waals surface area contributed by atoms with Gasteiger partial charge in [0, 0.05) is 27.6 Å². The molecule has 1 saturated heterocycles. The standard InChI is InChI=1S/C35H52N6O11S/c1-8-35(31(45)39-53(48,49)27-18-14-13-17-26(27)50-22-28(42)36-5)19-15-11-9-10-12-16-24(37-32(46)52-34(2,3)4)30(44)41-21-23(51-33(47)40(6)7)20-25(41)29(43)38-35/h13-15,17-19,23-25H,8-12,16,20-22H2,1-7H3,(H,36,42)(H,37,46)(H,38,43)(H,39,45)/b19-15-/t23-,24+,25+,35-/m1/s1. The van der Waals surface area contributed by atoms with Crippen LogP contribution in [0.5, 0.6) is 5.75 Å². The molecule has 0 unspecified atom stereocenters. The largest absolute Gasteiger partial charge is 0.482 e. The van der Waals surface area contributed by atoms with Gasteiger partial charge in [-0.25, -0.2) is 22.7 Å². The van der Waals surface area contributed by atoms with Crippen molar-refractivity contribution < 1.29 is 51.4 Å². The molecule has 2 heterocycles. The fourth-order valence-electron chi connectivity index (χ4n) is 5.72. The van der Waals surface area contributed by atoms with E-state index in [1.807, 2.05) is 0 Å². The van der Waals surface area contributed by atoms with Gasteiger partial charge < -0.3 is 40.0 Å². The Bertz CT molecular complexity index is 1660. The number of fused-ring (bicyclic) bond motifs is 1. The molecule has 0 aliphatic carbocycles. The van der Waals surface area contributed by atoms with Gasteiger partial charge in [0.25, 0.3) is 21.8 Å². The van der Waals surface area contributed by atoms with E-state index in [0.29, 0.717) is 25.7 Å². The molecule has 2 aliphatic rings. The third-order valence-corrected chi connectivity index (χ3v) is 9.92. The molecular weight excluding hydrogens is 712 g/mol. The molecule has 1 aromatic carbocycles. The number of rotatable bonds is 9. The van der Waals surface area contributed by atoms with E-state index in [1.165, 1.54) is 61.3 Å². The third-order valence-electron chi connectivity index (χ3n) is 8.55. The number of sulfonamides is 1. The fourth-order valence-corrected chi connectivity index (χ4v) is 6.91. The van der Waals surface area contributed by atoms with Gasteiger partial charge in [-0.3, -0.25) is 19.2 Å². The highest BCUT2D eigenvalue weighted by molar-refractivity contribution is 7.90. The molecule has 2 aliphatic heterocycles. The smallest absolute Gasteiger partial charge is 0.409 e. The molecule has 1 aromatic rings. The topological polar surface area (TPSA) is 219 Å². The summed E-state index contributed by atoms with van der Waals surface area (Å²) in [6, 6.07) is 3.08. The van der Waals surface area contributed by atoms with E-state index in [1.54, 1.807) is 33.8 Å². The zero-order valence-electron chi connectivity index (χ0n) is 31.4. The second kappa shape index (κ2) is 18.3. The van der Waals surface area contributed by atoms with Gasteiger partial charge in [0.15, 0.2) is 6.61 Å². The number of hydrogen-bond acceptors (Lipinski definition) is 11. The van der Waals surface area contributed by atoms with Gasteiger partial charge in [0.05, 0.1) is 6.54 Å². The first-order chi connectivity index (χ1) is 24.8. The van der Waals surface area contributed by atoms with E-state index >= 15 is 0 Å². The van der Waals surface area contributed by atoms with Crippen molar-refractivity contribution in [1.29, 1.82) is 0 Å². The highest BCUT2D eigenvalue weighted by Gasteiger charge is 2.47. The van der Waals surface area contributed by atoms with Crippen molar-refractivity contribution in [3.8, 4) is 5.75 Å². The summed E-state index contributed by atoms with van der Waals surface area (Å²) >= 11 is 0. The Morgan fingerprint density at radius 2 is 1.77 bits per heavy atom. The first kappa shape index (κ1) is 42.5. The van der Waals surface area contributed by atoms with Crippen molar-refractivity contribution in [2.24, 2.45) is 0 Å². The molecule has 3 rings (SSSR count). The number of allylic oxidation sites excluding steroid dienone is 1. The molecule has 0 bridgehead atoms. The molecule has 4 atom stereocenters. The van der Waals surface area contributed by atoms with Crippen molar-refractivity contribution in [1.82, 2.24) is 30.5 Å². The van der Waals surface area contributed by atoms with Gasteiger partial charge in [0.2, 0.25) is 11.8 Å². The van der Waals surface area contributed by atoms with Gasteiger partial charge >= 0.3 is 12.2 Å². The van der Waals surface area contributed by atoms with E-state index in [4.69, 9.17) is 14.2 Å². The predicted molar refractivity (Wildman–Crippen MR) is 192 cm³/mol. The number of nitrogens with one attached hydrogen (secondary N) is 4. The molecular formula is C35H52N6O11S. The fraction of sp³-hybridized carbons (Fsp3) is 0.600. The van der Waals surface area contributed by atoms with E-state index < -0.39 is 86.7 Å². The van der Waals surface area contributed by atoms with Gasteiger partial charge in [-0.05, 0) is 58.6 Å². The number of benzene rings is 1. The normalized spacial score (nSPS) is 23.3. The molecule has 1 fully saturated rings. The maximum atomic E-state index is 14.2. The van der Waals surface area contributed by atoms with Crippen molar-refractivity contribution in [3.63, 3.8) is 0 Å². The molecule has 53 heavy (non-hydrogen) atoms. The Morgan fingerprint density at radius 1 is 1.08 bits per heavy atom. The summed E-state index contributed by atoms with van der Waals surface area (Å²) in [4.78, 5) is 81.6. The maximum Gasteiger partial charge on any atom is 0.409 e. The number of nitrogens with zero attached hydrogens (tertiary/aromatic N) is 2. The van der Waals surface area contributed by atoms with Crippen LogP contribution in [0, 0.1) is 0 Å². The van der Waals surface area contributed by atoms with Gasteiger partial charge in [-0.1, -0.05) is 44.1 Å². The van der Waals surface area contributed by atoms with Crippen LogP contribution >= 0.6 is 0 Å². The predicted octanol–water partition coefficient (Wildman–Crippen LogP) is 1.96. The van der Waals surface area contributed by atoms with Crippen LogP contribution in [0.2, 0.25) is 0 Å². The summed E-state index contributed by atoms with van der Waals surface area (Å²) in [7, 11) is -0.278. The Morgan fingerprint density at radius 3 is 2.42 bits per heavy atom. The van der Waals surface area contributed by atoms with Gasteiger partial charge in [0.1, 0.15) is 40.0 Å². The number of likely N-dealkylation sites (N-methyl/N-ethyl adjacent to an activating group) is 1. The summed E-state index contributed by atoms with van der Waals surface area (Å²) in [5.74, 6) is -3.21. The van der Waals surface area contributed by atoms with E-state index in [2.05, 4.69) is 20.7 Å². The van der Waals surface area contributed by atoms with Crippen LogP contribution in [-0.2, 0) is 38.7 Å². The van der Waals surface area contributed by atoms with Gasteiger partial charge in [-0.15, -0.1) is 0 Å². The number of ether oxygens (including phenoxy) is 3. The van der Waals surface area contributed by atoms with Crippen LogP contribution in [0.3, 0.4) is 0 Å². The second-order valence-electron chi connectivity index (χ2n) is 14.0. The summed E-state index contributed by atoms with van der Waals surface area (Å²) in [5.41, 5.74) is -2.77. The van der Waals surface area contributed by atoms with E-state index in [9.17, 15) is 37.2 Å². The third kappa shape index (κ3) is 11.8. The Hall–Kier alpha value is -4.87. The number of alkyl carbamates (subject to hydrolysis) is 1. The lowest BCUT2D eigenvalue weighted by Gasteiger charge is -2.34. The zero-order chi connectivity index (χ0) is 39.6. The number of para-hydroxylation sites is 1. The molecule has 0 radical (unpaired) electrons. The second-order valence-corrected chi connectivity index (χ2v) is 15.7. The molecule has 0 saturated carbocycles. The van der Waals surface area contributed by atoms with Crippen LogP contribution in [-0.4, -0.2) is 118 Å². The Labute approximate surface area is 310 Å². The lowest BCUT2D eigenvalue weighted by atomic mass is 9.92. The summed E-state index contributed by atoms with van der Waals surface area (Å²) in [6.45, 7) is 5.96. The van der Waals surface area contributed by atoms with E-state index in [-0.39, 0.29) is 31.6 Å². The van der Waals surface area contributed by atoms with Gasteiger partial charge in [-0.2, -0.15) is 0 Å². The quantitative estimate of drug-likeness (QED) is 0.267. The van der Waals surface area contributed by atoms with E-state index in [0.717, 1.165) is 0 Å². The number of amides is 6. The molecule has 17 nitrogen and oxygen atoms in total. The average Bonchev–Trinajstić information content (AvgIpc) is 3.51. The summed E-state index contributed by atoms with van der Waals surface area (Å²) in [6.07, 6.45) is 2.88. The summed E-state index contributed by atoms with van der Waals surface area (Å²) in [5, 5.41) is 7.71. The Balaban J connectivity index is 2.01. The van der Waals surface area contributed by atoms with Crippen LogP contribution in [0.1, 0.15) is 72.6 Å². The van der Waals surface area contributed by atoms with Crippen LogP contribution in [0.25, 0.3) is 0 Å². The molecule has 6 amide bonds. The molecule has 4 N–H and O–H groups in total. The molecule has 0 aromatic heterocycles. The van der Waals surface area contributed by atoms with Crippen molar-refractivity contribution in [2.75, 3.05) is 34.3 Å². The zero-order valence-corrected chi connectivity index (χ0v) is 32.2. The van der Waals surface area contributed by atoms with Crippen molar-refractivity contribution >= 4 is 45.8 Å².